The van der Waals surface area contributed by atoms with E-state index in [1.54, 1.807) is 0 Å². The number of hydrogen-bond acceptors (Lipinski definition) is 33. The lowest BCUT2D eigenvalue weighted by Crippen LogP contribution is -2.71. The number of nitrogens with one attached hydrogen (secondary N) is 8. The van der Waals surface area contributed by atoms with Gasteiger partial charge in [-0.15, -0.1) is 0 Å². The van der Waals surface area contributed by atoms with Gasteiger partial charge in [0, 0.05) is 46.4 Å². The van der Waals surface area contributed by atoms with Crippen molar-refractivity contribution in [2.75, 3.05) is 59.2 Å². The number of ether oxygens (including phenoxy) is 8. The molecule has 4 saturated heterocycles. The SMILES string of the molecule is CC(=O)N[C@@H]1C(O)C[C@](O[C@H]2[C@@H](O)[C@@H](CO)O[C@@H](O[C@H]3[C@@H](OC4OC(C)[C@@H](O)[C@@H](O)[C@@H]4O)[C@@H](NC(C)=O)C(OCCCCCC(=O)NCCCCC(N)C(=O)NCC(=O)N[C@@H](CCN=C(N)N)C(=O)NCC(=O)N[C@@H](CC(=O)O)C(=O)N[C@@H](CO)C(=O)O)O[C@@H]3CO)[C@@H]2O)(C(=O)O)OC1[C@@H](O)[C@@H](O)CO. The molecule has 46 heteroatoms. The van der Waals surface area contributed by atoms with Crippen molar-refractivity contribution in [3.8, 4) is 0 Å². The number of carboxylic acids is 3. The van der Waals surface area contributed by atoms with E-state index in [-0.39, 0.29) is 57.2 Å². The Morgan fingerprint density at radius 2 is 1.20 bits per heavy atom. The molecule has 4 aliphatic heterocycles. The molecular formula is C59H100N12O34. The van der Waals surface area contributed by atoms with Gasteiger partial charge in [0.15, 0.2) is 24.8 Å². The summed E-state index contributed by atoms with van der Waals surface area (Å²) in [6.45, 7) is -2.77. The van der Waals surface area contributed by atoms with Crippen molar-refractivity contribution in [3.63, 3.8) is 0 Å². The van der Waals surface area contributed by atoms with Crippen LogP contribution in [-0.2, 0) is 90.6 Å². The third-order valence-electron chi connectivity index (χ3n) is 16.9. The Kier molecular flexibility index (Phi) is 37.2. The molecule has 46 nitrogen and oxygen atoms in total. The van der Waals surface area contributed by atoms with Crippen LogP contribution in [0.15, 0.2) is 4.99 Å². The van der Waals surface area contributed by atoms with Crippen LogP contribution in [0.25, 0.3) is 0 Å². The molecule has 105 heavy (non-hydrogen) atoms. The molecule has 4 heterocycles. The maximum atomic E-state index is 13.2. The van der Waals surface area contributed by atoms with E-state index in [4.69, 9.17) is 60.2 Å². The van der Waals surface area contributed by atoms with Gasteiger partial charge in [-0.25, -0.2) is 9.59 Å². The zero-order valence-corrected chi connectivity index (χ0v) is 57.4. The second kappa shape index (κ2) is 43.4. The fourth-order valence-corrected chi connectivity index (χ4v) is 11.3. The van der Waals surface area contributed by atoms with Gasteiger partial charge in [0.1, 0.15) is 104 Å². The second-order valence-corrected chi connectivity index (χ2v) is 25.1. The first-order valence-corrected chi connectivity index (χ1v) is 33.3. The van der Waals surface area contributed by atoms with Crippen LogP contribution in [0.1, 0.15) is 85.0 Å². The minimum Gasteiger partial charge on any atom is -0.481 e. The first-order chi connectivity index (χ1) is 49.4. The zero-order chi connectivity index (χ0) is 78.7. The minimum absolute atomic E-state index is 0.0212. The fraction of sp³-hybridized carbons (Fsp3) is 0.797. The standard InChI is InChI=1S/C59H100N12O34/c1-23-40(85)43(88)44(89)55(99-23)103-48-39(68-25(3)77)54(101-33(22-75)46(48)102-56-45(90)49(42(87)32(21-74)100-56)105-59(57(96)97)16-30(78)38(67-24(2)76)47(104-59)41(86)31(79)20-73)98-14-8-4-5-10-34(80)63-12-7-6-9-26(60)50(91)65-17-35(81)69-27(11-13-64-58(61)62)51(92)66-18-36(82)70-28(15-37(83)84)52(93)71-29(19-72)53(94)95/h23,26-33,38-49,54-56,72-75,78-79,85-90H,4-22,60H2,1-3H3,(H,63,80)(H,65,91)(H,66,92)(H,67,76)(H,68,77)(H,69,81)(H,70,82)(H,71,93)(H,83,84)(H,94,95)(H,96,97)(H4,61,62,64)/t23?,26?,27-,28-,29-,30?,31-,32+,33+,38+,39+,40+,41-,42-,43+,44-,45+,46+,47?,48-,49-,54?,55?,56-,59-/m0/s1. The first kappa shape index (κ1) is 90.0. The number of nitrogens with two attached hydrogens (primary N) is 3. The van der Waals surface area contributed by atoms with Crippen molar-refractivity contribution >= 4 is 71.1 Å². The summed E-state index contributed by atoms with van der Waals surface area (Å²) in [6.07, 6.45) is -35.8. The van der Waals surface area contributed by atoms with E-state index in [1.165, 1.54) is 6.92 Å². The van der Waals surface area contributed by atoms with Gasteiger partial charge < -0.3 is 174 Å². The predicted octanol–water partition coefficient (Wildman–Crippen LogP) is -14.1. The Hall–Kier alpha value is -7.40. The van der Waals surface area contributed by atoms with Crippen molar-refractivity contribution in [1.29, 1.82) is 0 Å². The molecule has 25 atom stereocenters. The van der Waals surface area contributed by atoms with E-state index in [1.807, 2.05) is 10.6 Å². The number of guanidine groups is 1. The summed E-state index contributed by atoms with van der Waals surface area (Å²) in [4.78, 5) is 141. The van der Waals surface area contributed by atoms with E-state index in [0.29, 0.717) is 25.7 Å². The molecule has 0 radical (unpaired) electrons. The molecule has 600 valence electrons. The van der Waals surface area contributed by atoms with E-state index in [2.05, 4.69) is 36.9 Å². The average Bonchev–Trinajstić information content (AvgIpc) is 0.756. The second-order valence-electron chi connectivity index (χ2n) is 25.1. The van der Waals surface area contributed by atoms with Crippen LogP contribution in [0, 0.1) is 0 Å². The molecule has 0 aliphatic carbocycles. The number of aliphatic carboxylic acids is 3. The highest BCUT2D eigenvalue weighted by Crippen LogP contribution is 2.39. The van der Waals surface area contributed by atoms with Gasteiger partial charge in [-0.1, -0.05) is 6.42 Å². The quantitative estimate of drug-likeness (QED) is 0.0153. The van der Waals surface area contributed by atoms with Crippen LogP contribution in [-0.4, -0.2) is 359 Å². The Morgan fingerprint density at radius 1 is 0.600 bits per heavy atom. The first-order valence-electron chi connectivity index (χ1n) is 33.3. The van der Waals surface area contributed by atoms with Gasteiger partial charge in [-0.3, -0.25) is 48.1 Å². The number of carbonyl (C=O) groups excluding carboxylic acids is 8. The van der Waals surface area contributed by atoms with Gasteiger partial charge in [-0.2, -0.15) is 0 Å². The number of rotatable bonds is 43. The van der Waals surface area contributed by atoms with Crippen molar-refractivity contribution < 1.29 is 167 Å². The molecule has 6 unspecified atom stereocenters. The van der Waals surface area contributed by atoms with Crippen LogP contribution in [0.5, 0.6) is 0 Å². The highest BCUT2D eigenvalue weighted by Gasteiger charge is 2.61. The van der Waals surface area contributed by atoms with Gasteiger partial charge >= 0.3 is 17.9 Å². The van der Waals surface area contributed by atoms with Crippen molar-refractivity contribution in [2.24, 2.45) is 22.2 Å². The number of aliphatic imine (C=N–C) groups is 1. The van der Waals surface area contributed by atoms with Crippen LogP contribution in [0.2, 0.25) is 0 Å². The van der Waals surface area contributed by atoms with Gasteiger partial charge in [0.25, 0.3) is 5.79 Å². The normalized spacial score (nSPS) is 30.6. The summed E-state index contributed by atoms with van der Waals surface area (Å²) in [6, 6.07) is -9.49. The largest absolute Gasteiger partial charge is 0.481 e. The molecular weight excluding hydrogens is 1420 g/mol. The molecule has 4 aliphatic rings. The topological polar surface area (TPSA) is 752 Å². The molecule has 29 N–H and O–H groups in total. The van der Waals surface area contributed by atoms with Crippen molar-refractivity contribution in [1.82, 2.24) is 42.5 Å². The summed E-state index contributed by atoms with van der Waals surface area (Å²) in [7, 11) is 0. The summed E-state index contributed by atoms with van der Waals surface area (Å²) in [5, 5.41) is 176. The Balaban J connectivity index is 1.34. The molecule has 0 saturated carbocycles. The smallest absolute Gasteiger partial charge is 0.364 e. The van der Waals surface area contributed by atoms with Crippen LogP contribution in [0.3, 0.4) is 0 Å². The summed E-state index contributed by atoms with van der Waals surface area (Å²) < 4.78 is 47.6. The predicted molar refractivity (Wildman–Crippen MR) is 344 cm³/mol. The Labute approximate surface area is 598 Å². The lowest BCUT2D eigenvalue weighted by Gasteiger charge is -2.51. The monoisotopic (exact) mass is 1520 g/mol. The molecule has 0 spiro atoms. The summed E-state index contributed by atoms with van der Waals surface area (Å²) in [5.74, 6) is -15.9. The number of aliphatic hydroxyl groups is 12. The minimum atomic E-state index is -3.20. The maximum absolute atomic E-state index is 13.2. The Morgan fingerprint density at radius 3 is 1.78 bits per heavy atom. The van der Waals surface area contributed by atoms with Gasteiger partial charge in [-0.05, 0) is 45.4 Å². The Bertz CT molecular complexity index is 2910. The van der Waals surface area contributed by atoms with Crippen molar-refractivity contribution in [2.45, 2.75) is 237 Å². The highest BCUT2D eigenvalue weighted by atomic mass is 16.8. The van der Waals surface area contributed by atoms with E-state index >= 15 is 0 Å². The van der Waals surface area contributed by atoms with E-state index in [0.717, 1.165) is 13.8 Å². The lowest BCUT2D eigenvalue weighted by atomic mass is 9.88. The number of carbonyl (C=O) groups is 11. The lowest BCUT2D eigenvalue weighted by molar-refractivity contribution is -0.391. The van der Waals surface area contributed by atoms with Crippen molar-refractivity contribution in [3.05, 3.63) is 0 Å². The van der Waals surface area contributed by atoms with Crippen LogP contribution < -0.4 is 59.7 Å². The molecule has 8 amide bonds. The molecule has 0 aromatic carbocycles. The number of carboxylic acid groups (broad SMARTS) is 3. The third kappa shape index (κ3) is 27.1. The van der Waals surface area contributed by atoms with E-state index < -0.39 is 264 Å². The van der Waals surface area contributed by atoms with Crippen LogP contribution >= 0.6 is 0 Å². The molecule has 0 bridgehead atoms. The van der Waals surface area contributed by atoms with E-state index in [9.17, 15) is 124 Å². The van der Waals surface area contributed by atoms with Gasteiger partial charge in [0.2, 0.25) is 47.3 Å². The highest BCUT2D eigenvalue weighted by molar-refractivity contribution is 5.95. The molecule has 0 aromatic rings. The summed E-state index contributed by atoms with van der Waals surface area (Å²) >= 11 is 0. The number of aliphatic hydroxyl groups excluding tert-OH is 12. The number of nitrogens with zero attached hydrogens (tertiary/aromatic N) is 1. The van der Waals surface area contributed by atoms with Gasteiger partial charge in [0.05, 0.1) is 70.2 Å². The third-order valence-corrected chi connectivity index (χ3v) is 16.9. The number of hydrogen-bond donors (Lipinski definition) is 26. The van der Waals surface area contributed by atoms with Crippen LogP contribution in [0.4, 0.5) is 0 Å². The number of amides is 8. The molecule has 0 aromatic heterocycles. The molecule has 4 rings (SSSR count). The zero-order valence-electron chi connectivity index (χ0n) is 57.4. The number of unbranched alkanes of at least 4 members (excludes halogenated alkanes) is 3. The average molecular weight is 1520 g/mol. The maximum Gasteiger partial charge on any atom is 0.364 e. The summed E-state index contributed by atoms with van der Waals surface area (Å²) in [5.41, 5.74) is 16.8. The molecule has 4 fully saturated rings. The fourth-order valence-electron chi connectivity index (χ4n) is 11.3.